The number of aromatic nitrogens is 1. The third kappa shape index (κ3) is 2.02. The first-order valence-corrected chi connectivity index (χ1v) is 5.22. The maximum Gasteiger partial charge on any atom is 0.303 e. The van der Waals surface area contributed by atoms with Crippen molar-refractivity contribution in [3.63, 3.8) is 0 Å². The summed E-state index contributed by atoms with van der Waals surface area (Å²) in [5.41, 5.74) is 1.53. The van der Waals surface area contributed by atoms with Crippen molar-refractivity contribution in [1.82, 2.24) is 5.16 Å². The number of aryl methyl sites for hydroxylation is 1. The van der Waals surface area contributed by atoms with Gasteiger partial charge in [0.05, 0.1) is 5.39 Å². The first-order chi connectivity index (χ1) is 7.18. The summed E-state index contributed by atoms with van der Waals surface area (Å²) in [5.74, 6) is -0.814. The molecule has 2 rings (SSSR count). The molecule has 0 unspecified atom stereocenters. The minimum absolute atomic E-state index is 0.0947. The SMILES string of the molecule is O=C(O)CCc1cccc2c(Br)noc12. The van der Waals surface area contributed by atoms with Gasteiger partial charge in [-0.1, -0.05) is 17.3 Å². The van der Waals surface area contributed by atoms with E-state index >= 15 is 0 Å². The first kappa shape index (κ1) is 10.2. The summed E-state index contributed by atoms with van der Waals surface area (Å²) < 4.78 is 5.77. The van der Waals surface area contributed by atoms with Crippen molar-refractivity contribution in [2.45, 2.75) is 12.8 Å². The second kappa shape index (κ2) is 4.02. The van der Waals surface area contributed by atoms with E-state index in [1.807, 2.05) is 18.2 Å². The van der Waals surface area contributed by atoms with Crippen LogP contribution in [0, 0.1) is 0 Å². The van der Waals surface area contributed by atoms with E-state index in [-0.39, 0.29) is 6.42 Å². The number of hydrogen-bond acceptors (Lipinski definition) is 3. The van der Waals surface area contributed by atoms with Crippen LogP contribution in [0.5, 0.6) is 0 Å². The lowest BCUT2D eigenvalue weighted by Crippen LogP contribution is -1.97. The van der Waals surface area contributed by atoms with E-state index < -0.39 is 5.97 Å². The van der Waals surface area contributed by atoms with Gasteiger partial charge < -0.3 is 9.63 Å². The minimum atomic E-state index is -0.814. The van der Waals surface area contributed by atoms with Gasteiger partial charge >= 0.3 is 5.97 Å². The van der Waals surface area contributed by atoms with E-state index in [1.54, 1.807) is 0 Å². The fourth-order valence-electron chi connectivity index (χ4n) is 1.43. The molecule has 0 atom stereocenters. The van der Waals surface area contributed by atoms with Crippen LogP contribution in [0.15, 0.2) is 27.3 Å². The molecule has 0 saturated carbocycles. The number of halogens is 1. The Labute approximate surface area is 94.0 Å². The molecular weight excluding hydrogens is 262 g/mol. The van der Waals surface area contributed by atoms with E-state index in [1.165, 1.54) is 0 Å². The number of fused-ring (bicyclic) bond motifs is 1. The number of benzene rings is 1. The third-order valence-electron chi connectivity index (χ3n) is 2.14. The molecule has 1 heterocycles. The van der Waals surface area contributed by atoms with Crippen molar-refractivity contribution in [2.24, 2.45) is 0 Å². The summed E-state index contributed by atoms with van der Waals surface area (Å²) in [6.07, 6.45) is 0.547. The van der Waals surface area contributed by atoms with Crippen LogP contribution in [0.1, 0.15) is 12.0 Å². The summed E-state index contributed by atoms with van der Waals surface area (Å²) >= 11 is 3.26. The van der Waals surface area contributed by atoms with Crippen LogP contribution in [0.2, 0.25) is 0 Å². The Morgan fingerprint density at radius 1 is 1.53 bits per heavy atom. The number of carboxylic acid groups (broad SMARTS) is 1. The minimum Gasteiger partial charge on any atom is -0.481 e. The Bertz CT molecular complexity index is 506. The Balaban J connectivity index is 2.38. The molecule has 78 valence electrons. The maximum absolute atomic E-state index is 10.5. The lowest BCUT2D eigenvalue weighted by molar-refractivity contribution is -0.136. The fourth-order valence-corrected chi connectivity index (χ4v) is 1.81. The molecular formula is C10H8BrNO3. The zero-order valence-corrected chi connectivity index (χ0v) is 9.32. The molecule has 1 aromatic carbocycles. The third-order valence-corrected chi connectivity index (χ3v) is 2.72. The molecule has 15 heavy (non-hydrogen) atoms. The average molecular weight is 270 g/mol. The molecule has 0 fully saturated rings. The molecule has 1 N–H and O–H groups in total. The quantitative estimate of drug-likeness (QED) is 0.931. The lowest BCUT2D eigenvalue weighted by atomic mass is 10.1. The van der Waals surface area contributed by atoms with Crippen LogP contribution in [0.3, 0.4) is 0 Å². The number of carboxylic acids is 1. The topological polar surface area (TPSA) is 63.3 Å². The summed E-state index contributed by atoms with van der Waals surface area (Å²) in [6, 6.07) is 5.59. The van der Waals surface area contributed by atoms with Crippen molar-refractivity contribution in [2.75, 3.05) is 0 Å². The van der Waals surface area contributed by atoms with Crippen LogP contribution in [-0.4, -0.2) is 16.2 Å². The Hall–Kier alpha value is -1.36. The predicted octanol–water partition coefficient (Wildman–Crippen LogP) is 2.61. The number of para-hydroxylation sites is 1. The van der Waals surface area contributed by atoms with Crippen molar-refractivity contribution in [3.8, 4) is 0 Å². The normalized spacial score (nSPS) is 10.7. The van der Waals surface area contributed by atoms with Crippen LogP contribution in [0.4, 0.5) is 0 Å². The smallest absolute Gasteiger partial charge is 0.303 e. The Morgan fingerprint density at radius 3 is 3.07 bits per heavy atom. The van der Waals surface area contributed by atoms with Gasteiger partial charge in [0, 0.05) is 6.42 Å². The molecule has 0 spiro atoms. The molecule has 0 bridgehead atoms. The molecule has 2 aromatic rings. The standard InChI is InChI=1S/C10H8BrNO3/c11-10-7-3-1-2-6(4-5-8(13)14)9(7)15-12-10/h1-3H,4-5H2,(H,13,14). The molecule has 0 saturated heterocycles. The number of aliphatic carboxylic acids is 1. The van der Waals surface area contributed by atoms with E-state index in [0.717, 1.165) is 10.9 Å². The molecule has 4 nitrogen and oxygen atoms in total. The second-order valence-corrected chi connectivity index (χ2v) is 3.91. The van der Waals surface area contributed by atoms with Crippen molar-refractivity contribution in [3.05, 3.63) is 28.4 Å². The molecule has 0 aliphatic heterocycles. The fraction of sp³-hybridized carbons (Fsp3) is 0.200. The van der Waals surface area contributed by atoms with Gasteiger partial charge in [-0.15, -0.1) is 0 Å². The Morgan fingerprint density at radius 2 is 2.33 bits per heavy atom. The molecule has 0 radical (unpaired) electrons. The number of hydrogen-bond donors (Lipinski definition) is 1. The summed E-state index contributed by atoms with van der Waals surface area (Å²) in [5, 5.41) is 13.2. The van der Waals surface area contributed by atoms with Crippen molar-refractivity contribution < 1.29 is 14.4 Å². The van der Waals surface area contributed by atoms with Crippen LogP contribution < -0.4 is 0 Å². The highest BCUT2D eigenvalue weighted by Gasteiger charge is 2.10. The number of nitrogens with zero attached hydrogens (tertiary/aromatic N) is 1. The van der Waals surface area contributed by atoms with Gasteiger partial charge in [0.15, 0.2) is 10.2 Å². The highest BCUT2D eigenvalue weighted by molar-refractivity contribution is 9.10. The van der Waals surface area contributed by atoms with E-state index in [4.69, 9.17) is 9.63 Å². The zero-order valence-electron chi connectivity index (χ0n) is 7.74. The van der Waals surface area contributed by atoms with Crippen molar-refractivity contribution >= 4 is 32.9 Å². The highest BCUT2D eigenvalue weighted by Crippen LogP contribution is 2.26. The molecule has 0 amide bonds. The van der Waals surface area contributed by atoms with Crippen LogP contribution >= 0.6 is 15.9 Å². The van der Waals surface area contributed by atoms with Gasteiger partial charge in [0.25, 0.3) is 0 Å². The van der Waals surface area contributed by atoms with Gasteiger partial charge in [-0.2, -0.15) is 0 Å². The average Bonchev–Trinajstić information content (AvgIpc) is 2.58. The van der Waals surface area contributed by atoms with Gasteiger partial charge in [0.1, 0.15) is 0 Å². The Kier molecular flexibility index (Phi) is 2.73. The van der Waals surface area contributed by atoms with E-state index in [9.17, 15) is 4.79 Å². The highest BCUT2D eigenvalue weighted by atomic mass is 79.9. The largest absolute Gasteiger partial charge is 0.481 e. The van der Waals surface area contributed by atoms with Gasteiger partial charge in [-0.25, -0.2) is 0 Å². The predicted molar refractivity (Wildman–Crippen MR) is 57.7 cm³/mol. The molecule has 0 aliphatic rings. The monoisotopic (exact) mass is 269 g/mol. The first-order valence-electron chi connectivity index (χ1n) is 4.43. The lowest BCUT2D eigenvalue weighted by Gasteiger charge is -1.98. The van der Waals surface area contributed by atoms with Crippen molar-refractivity contribution in [1.29, 1.82) is 0 Å². The molecule has 5 heteroatoms. The summed E-state index contributed by atoms with van der Waals surface area (Å²) in [6.45, 7) is 0. The maximum atomic E-state index is 10.5. The number of rotatable bonds is 3. The molecule has 1 aromatic heterocycles. The van der Waals surface area contributed by atoms with Gasteiger partial charge in [-0.3, -0.25) is 4.79 Å². The van der Waals surface area contributed by atoms with Crippen LogP contribution in [-0.2, 0) is 11.2 Å². The summed E-state index contributed by atoms with van der Waals surface area (Å²) in [7, 11) is 0. The van der Waals surface area contributed by atoms with Gasteiger partial charge in [0.2, 0.25) is 0 Å². The van der Waals surface area contributed by atoms with E-state index in [0.29, 0.717) is 16.6 Å². The number of carbonyl (C=O) groups is 1. The zero-order chi connectivity index (χ0) is 10.8. The van der Waals surface area contributed by atoms with Crippen LogP contribution in [0.25, 0.3) is 11.0 Å². The van der Waals surface area contributed by atoms with E-state index in [2.05, 4.69) is 21.1 Å². The summed E-state index contributed by atoms with van der Waals surface area (Å²) in [4.78, 5) is 10.5. The van der Waals surface area contributed by atoms with Gasteiger partial charge in [-0.05, 0) is 34.0 Å². The molecule has 0 aliphatic carbocycles. The second-order valence-electron chi connectivity index (χ2n) is 3.16.